The third-order valence-corrected chi connectivity index (χ3v) is 4.86. The number of carbonyl (C=O) groups excluding carboxylic acids is 1. The molecule has 4 rings (SSSR count). The number of halogens is 3. The summed E-state index contributed by atoms with van der Waals surface area (Å²) in [6, 6.07) is 12.2. The van der Waals surface area contributed by atoms with E-state index < -0.39 is 6.36 Å². The second-order valence-corrected chi connectivity index (χ2v) is 6.99. The molecular weight excluding hydrogens is 425 g/mol. The van der Waals surface area contributed by atoms with Crippen LogP contribution in [0.1, 0.15) is 0 Å². The SMILES string of the molecule is O=C(Nc1ccc(OC(F)(F)F)cc1)N1CCN(c2ccc(-c3ccncc3)nn2)CC1. The maximum Gasteiger partial charge on any atom is 0.573 e. The van der Waals surface area contributed by atoms with Crippen LogP contribution >= 0.6 is 0 Å². The van der Waals surface area contributed by atoms with Gasteiger partial charge in [0.1, 0.15) is 5.75 Å². The zero-order valence-electron chi connectivity index (χ0n) is 16.8. The summed E-state index contributed by atoms with van der Waals surface area (Å²) in [6.07, 6.45) is -1.37. The van der Waals surface area contributed by atoms with Gasteiger partial charge in [-0.15, -0.1) is 23.4 Å². The zero-order valence-corrected chi connectivity index (χ0v) is 16.8. The highest BCUT2D eigenvalue weighted by Gasteiger charge is 2.31. The van der Waals surface area contributed by atoms with Gasteiger partial charge < -0.3 is 19.9 Å². The van der Waals surface area contributed by atoms with Gasteiger partial charge in [-0.25, -0.2) is 4.79 Å². The largest absolute Gasteiger partial charge is 0.573 e. The van der Waals surface area contributed by atoms with Crippen molar-refractivity contribution in [3.8, 4) is 17.0 Å². The van der Waals surface area contributed by atoms with E-state index >= 15 is 0 Å². The number of nitrogens with one attached hydrogen (secondary N) is 1. The van der Waals surface area contributed by atoms with Gasteiger partial charge in [0.15, 0.2) is 5.82 Å². The molecule has 0 saturated carbocycles. The summed E-state index contributed by atoms with van der Waals surface area (Å²) in [5.74, 6) is 0.378. The fraction of sp³-hybridized carbons (Fsp3) is 0.238. The van der Waals surface area contributed by atoms with Crippen LogP contribution in [0.25, 0.3) is 11.3 Å². The Kier molecular flexibility index (Phi) is 6.06. The van der Waals surface area contributed by atoms with Gasteiger partial charge in [-0.1, -0.05) is 0 Å². The number of urea groups is 1. The lowest BCUT2D eigenvalue weighted by Gasteiger charge is -2.35. The lowest BCUT2D eigenvalue weighted by molar-refractivity contribution is -0.274. The Morgan fingerprint density at radius 2 is 1.59 bits per heavy atom. The number of piperazine rings is 1. The Labute approximate surface area is 181 Å². The molecule has 1 saturated heterocycles. The first-order chi connectivity index (χ1) is 15.4. The summed E-state index contributed by atoms with van der Waals surface area (Å²) in [5, 5.41) is 11.2. The van der Waals surface area contributed by atoms with Crippen LogP contribution in [0.2, 0.25) is 0 Å². The molecule has 0 aliphatic carbocycles. The van der Waals surface area contributed by atoms with Gasteiger partial charge in [-0.3, -0.25) is 4.98 Å². The first-order valence-corrected chi connectivity index (χ1v) is 9.78. The van der Waals surface area contributed by atoms with E-state index in [1.807, 2.05) is 29.2 Å². The van der Waals surface area contributed by atoms with E-state index in [2.05, 4.69) is 25.2 Å². The van der Waals surface area contributed by atoms with E-state index in [0.29, 0.717) is 31.9 Å². The third-order valence-electron chi connectivity index (χ3n) is 4.86. The van der Waals surface area contributed by atoms with Crippen LogP contribution in [0.3, 0.4) is 0 Å². The van der Waals surface area contributed by atoms with Crippen LogP contribution < -0.4 is 15.0 Å². The highest BCUT2D eigenvalue weighted by molar-refractivity contribution is 5.89. The number of hydrogen-bond acceptors (Lipinski definition) is 6. The summed E-state index contributed by atoms with van der Waals surface area (Å²) in [6.45, 7) is 2.09. The standard InChI is InChI=1S/C21H19F3N6O2/c22-21(23,24)32-17-3-1-16(2-4-17)26-20(31)30-13-11-29(12-14-30)19-6-5-18(27-28-19)15-7-9-25-10-8-15/h1-10H,11-14H2,(H,26,31). The number of alkyl halides is 3. The van der Waals surface area contributed by atoms with Gasteiger partial charge in [0.2, 0.25) is 0 Å². The van der Waals surface area contributed by atoms with Crippen LogP contribution in [0.5, 0.6) is 5.75 Å². The zero-order chi connectivity index (χ0) is 22.6. The molecule has 11 heteroatoms. The Balaban J connectivity index is 1.29. The molecule has 8 nitrogen and oxygen atoms in total. The molecule has 1 aliphatic rings. The molecule has 2 aromatic heterocycles. The number of ether oxygens (including phenoxy) is 1. The van der Waals surface area contributed by atoms with Crippen molar-refractivity contribution in [1.82, 2.24) is 20.1 Å². The molecule has 0 unspecified atom stereocenters. The molecule has 3 heterocycles. The van der Waals surface area contributed by atoms with Crippen LogP contribution in [0.15, 0.2) is 60.9 Å². The van der Waals surface area contributed by atoms with Gasteiger partial charge in [-0.2, -0.15) is 0 Å². The van der Waals surface area contributed by atoms with Gasteiger partial charge in [0.25, 0.3) is 0 Å². The molecule has 0 radical (unpaired) electrons. The number of carbonyl (C=O) groups is 1. The normalized spacial score (nSPS) is 14.2. The summed E-state index contributed by atoms with van der Waals surface area (Å²) in [7, 11) is 0. The average molecular weight is 444 g/mol. The minimum atomic E-state index is -4.76. The molecule has 2 amide bonds. The van der Waals surface area contributed by atoms with Gasteiger partial charge in [-0.05, 0) is 48.5 Å². The number of rotatable bonds is 4. The molecule has 3 aromatic rings. The molecule has 1 N–H and O–H groups in total. The van der Waals surface area contributed by atoms with Crippen molar-refractivity contribution in [1.29, 1.82) is 0 Å². The van der Waals surface area contributed by atoms with Crippen molar-refractivity contribution in [2.45, 2.75) is 6.36 Å². The van der Waals surface area contributed by atoms with Crippen molar-refractivity contribution >= 4 is 17.5 Å². The van der Waals surface area contributed by atoms with Crippen molar-refractivity contribution < 1.29 is 22.7 Å². The Bertz CT molecular complexity index is 1040. The number of aromatic nitrogens is 3. The first-order valence-electron chi connectivity index (χ1n) is 9.78. The second kappa shape index (κ2) is 9.08. The van der Waals surface area contributed by atoms with E-state index in [0.717, 1.165) is 29.2 Å². The molecule has 0 atom stereocenters. The minimum absolute atomic E-state index is 0.326. The maximum atomic E-state index is 12.5. The number of anilines is 2. The summed E-state index contributed by atoms with van der Waals surface area (Å²) < 4.78 is 40.5. The number of hydrogen-bond donors (Lipinski definition) is 1. The lowest BCUT2D eigenvalue weighted by atomic mass is 10.2. The third kappa shape index (κ3) is 5.42. The topological polar surface area (TPSA) is 83.5 Å². The quantitative estimate of drug-likeness (QED) is 0.659. The Morgan fingerprint density at radius 3 is 2.19 bits per heavy atom. The fourth-order valence-electron chi connectivity index (χ4n) is 3.25. The number of benzene rings is 1. The van der Waals surface area contributed by atoms with Crippen LogP contribution in [0.4, 0.5) is 29.5 Å². The van der Waals surface area contributed by atoms with Gasteiger partial charge in [0, 0.05) is 49.8 Å². The second-order valence-electron chi connectivity index (χ2n) is 6.99. The molecule has 0 spiro atoms. The van der Waals surface area contributed by atoms with Gasteiger partial charge >= 0.3 is 12.4 Å². The molecular formula is C21H19F3N6O2. The molecule has 0 bridgehead atoms. The predicted molar refractivity (Wildman–Crippen MR) is 111 cm³/mol. The summed E-state index contributed by atoms with van der Waals surface area (Å²) in [4.78, 5) is 20.1. The van der Waals surface area contributed by atoms with E-state index in [1.54, 1.807) is 17.3 Å². The van der Waals surface area contributed by atoms with Crippen molar-refractivity contribution in [2.75, 3.05) is 36.4 Å². The maximum absolute atomic E-state index is 12.5. The highest BCUT2D eigenvalue weighted by atomic mass is 19.4. The van der Waals surface area contributed by atoms with Crippen LogP contribution in [-0.2, 0) is 0 Å². The van der Waals surface area contributed by atoms with E-state index in [1.165, 1.54) is 12.1 Å². The molecule has 32 heavy (non-hydrogen) atoms. The molecule has 1 aliphatic heterocycles. The lowest BCUT2D eigenvalue weighted by Crippen LogP contribution is -2.50. The molecule has 1 aromatic carbocycles. The van der Waals surface area contributed by atoms with E-state index in [9.17, 15) is 18.0 Å². The number of nitrogens with zero attached hydrogens (tertiary/aromatic N) is 5. The van der Waals surface area contributed by atoms with Crippen molar-refractivity contribution in [2.24, 2.45) is 0 Å². The Morgan fingerprint density at radius 1 is 0.906 bits per heavy atom. The summed E-state index contributed by atoms with van der Waals surface area (Å²) >= 11 is 0. The fourth-order valence-corrected chi connectivity index (χ4v) is 3.25. The minimum Gasteiger partial charge on any atom is -0.406 e. The van der Waals surface area contributed by atoms with Crippen molar-refractivity contribution in [3.63, 3.8) is 0 Å². The first kappa shape index (κ1) is 21.3. The number of pyridine rings is 1. The Hall–Kier alpha value is -3.89. The smallest absolute Gasteiger partial charge is 0.406 e. The van der Waals surface area contributed by atoms with Crippen molar-refractivity contribution in [3.05, 3.63) is 60.9 Å². The molecule has 166 valence electrons. The highest BCUT2D eigenvalue weighted by Crippen LogP contribution is 2.24. The van der Waals surface area contributed by atoms with Gasteiger partial charge in [0.05, 0.1) is 5.69 Å². The summed E-state index contributed by atoms with van der Waals surface area (Å²) in [5.41, 5.74) is 2.06. The average Bonchev–Trinajstić information content (AvgIpc) is 2.80. The van der Waals surface area contributed by atoms with E-state index in [-0.39, 0.29) is 11.8 Å². The van der Waals surface area contributed by atoms with Crippen LogP contribution in [0, 0.1) is 0 Å². The monoisotopic (exact) mass is 444 g/mol. The number of amides is 2. The predicted octanol–water partition coefficient (Wildman–Crippen LogP) is 3.79. The van der Waals surface area contributed by atoms with Crippen LogP contribution in [-0.4, -0.2) is 58.7 Å². The van der Waals surface area contributed by atoms with E-state index in [4.69, 9.17) is 0 Å². The molecule has 1 fully saturated rings.